The van der Waals surface area contributed by atoms with E-state index < -0.39 is 0 Å². The van der Waals surface area contributed by atoms with E-state index in [2.05, 4.69) is 46.4 Å². The lowest BCUT2D eigenvalue weighted by Gasteiger charge is -2.38. The van der Waals surface area contributed by atoms with Gasteiger partial charge in [-0.3, -0.25) is 0 Å². The summed E-state index contributed by atoms with van der Waals surface area (Å²) in [4.78, 5) is 0. The highest BCUT2D eigenvalue weighted by Gasteiger charge is 2.37. The van der Waals surface area contributed by atoms with Crippen molar-refractivity contribution in [3.8, 4) is 0 Å². The van der Waals surface area contributed by atoms with E-state index in [0.717, 1.165) is 44.2 Å². The van der Waals surface area contributed by atoms with Gasteiger partial charge in [-0.2, -0.15) is 0 Å². The van der Waals surface area contributed by atoms with Crippen LogP contribution in [-0.4, -0.2) is 18.6 Å². The number of fused-ring (bicyclic) bond motifs is 1. The van der Waals surface area contributed by atoms with Gasteiger partial charge in [0.25, 0.3) is 0 Å². The zero-order valence-electron chi connectivity index (χ0n) is 11.6. The van der Waals surface area contributed by atoms with Crippen LogP contribution in [0.1, 0.15) is 30.9 Å². The maximum absolute atomic E-state index is 6.09. The minimum Gasteiger partial charge on any atom is -0.329 e. The van der Waals surface area contributed by atoms with Gasteiger partial charge in [0.05, 0.1) is 0 Å². The summed E-state index contributed by atoms with van der Waals surface area (Å²) >= 11 is 3.56. The quantitative estimate of drug-likeness (QED) is 0.894. The molecule has 2 nitrogen and oxygen atoms in total. The van der Waals surface area contributed by atoms with E-state index in [1.807, 2.05) is 0 Å². The fourth-order valence-electron chi connectivity index (χ4n) is 3.25. The van der Waals surface area contributed by atoms with Crippen LogP contribution in [0.5, 0.6) is 0 Å². The first kappa shape index (κ1) is 13.6. The Hall–Kier alpha value is -0.380. The number of nitrogens with two attached hydrogens (primary N) is 1. The molecule has 1 aromatic rings. The molecule has 2 aliphatic carbocycles. The lowest BCUT2D eigenvalue weighted by molar-refractivity contribution is 0.288. The van der Waals surface area contributed by atoms with Crippen LogP contribution >= 0.6 is 15.9 Å². The third-order valence-electron chi connectivity index (χ3n) is 4.98. The average Bonchev–Trinajstić information content (AvgIpc) is 3.12. The van der Waals surface area contributed by atoms with Crippen molar-refractivity contribution >= 4 is 15.9 Å². The molecule has 0 saturated heterocycles. The Balaban J connectivity index is 1.71. The lowest BCUT2D eigenvalue weighted by Crippen LogP contribution is -2.55. The fourth-order valence-corrected chi connectivity index (χ4v) is 3.66. The van der Waals surface area contributed by atoms with Crippen LogP contribution in [0.25, 0.3) is 0 Å². The first-order chi connectivity index (χ1) is 9.12. The molecular weight excluding hydrogens is 300 g/mol. The highest BCUT2D eigenvalue weighted by molar-refractivity contribution is 9.10. The van der Waals surface area contributed by atoms with E-state index in [1.165, 1.54) is 22.0 Å². The number of aryl methyl sites for hydroxylation is 1. The Morgan fingerprint density at radius 1 is 1.42 bits per heavy atom. The van der Waals surface area contributed by atoms with Crippen molar-refractivity contribution in [2.75, 3.05) is 13.1 Å². The van der Waals surface area contributed by atoms with Crippen molar-refractivity contribution < 1.29 is 0 Å². The van der Waals surface area contributed by atoms with Crippen LogP contribution in [-0.2, 0) is 12.8 Å². The van der Waals surface area contributed by atoms with Gasteiger partial charge in [0.1, 0.15) is 0 Å². The number of halogens is 1. The molecule has 3 N–H and O–H groups in total. The summed E-state index contributed by atoms with van der Waals surface area (Å²) in [7, 11) is 0. The van der Waals surface area contributed by atoms with Gasteiger partial charge in [0.15, 0.2) is 0 Å². The van der Waals surface area contributed by atoms with E-state index in [4.69, 9.17) is 5.73 Å². The molecule has 3 rings (SSSR count). The Kier molecular flexibility index (Phi) is 3.71. The second-order valence-electron chi connectivity index (χ2n) is 6.43. The molecule has 1 fully saturated rings. The maximum Gasteiger partial charge on any atom is 0.0347 e. The van der Waals surface area contributed by atoms with Gasteiger partial charge in [0.2, 0.25) is 0 Å². The van der Waals surface area contributed by atoms with Crippen molar-refractivity contribution in [3.05, 3.63) is 33.8 Å². The van der Waals surface area contributed by atoms with Gasteiger partial charge >= 0.3 is 0 Å². The van der Waals surface area contributed by atoms with E-state index >= 15 is 0 Å². The Morgan fingerprint density at radius 3 is 2.89 bits per heavy atom. The summed E-state index contributed by atoms with van der Waals surface area (Å²) < 4.78 is 1.19. The molecule has 0 bridgehead atoms. The Bertz CT molecular complexity index is 474. The van der Waals surface area contributed by atoms with Gasteiger partial charge in [-0.15, -0.1) is 0 Å². The van der Waals surface area contributed by atoms with Gasteiger partial charge in [0, 0.05) is 16.6 Å². The van der Waals surface area contributed by atoms with Crippen molar-refractivity contribution in [2.24, 2.45) is 17.6 Å². The molecule has 0 amide bonds. The van der Waals surface area contributed by atoms with E-state index in [1.54, 1.807) is 0 Å². The molecule has 104 valence electrons. The van der Waals surface area contributed by atoms with E-state index in [-0.39, 0.29) is 5.54 Å². The summed E-state index contributed by atoms with van der Waals surface area (Å²) in [5, 5.41) is 3.80. The number of rotatable bonds is 4. The van der Waals surface area contributed by atoms with Crippen LogP contribution in [0.2, 0.25) is 0 Å². The Labute approximate surface area is 124 Å². The minimum atomic E-state index is 0.128. The van der Waals surface area contributed by atoms with Crippen LogP contribution in [0.4, 0.5) is 0 Å². The molecule has 0 spiro atoms. The summed E-state index contributed by atoms with van der Waals surface area (Å²) in [6.07, 6.45) is 4.76. The standard InChI is InChI=1S/C16H23BrN2/c1-11-6-14(11)9-19-16(10-18)5-4-12-7-15(17)3-2-13(12)8-16/h2-3,7,11,14,19H,4-6,8-10,18H2,1H3. The van der Waals surface area contributed by atoms with Gasteiger partial charge in [-0.1, -0.05) is 28.9 Å². The number of hydrogen-bond donors (Lipinski definition) is 2. The molecule has 1 aromatic carbocycles. The first-order valence-corrected chi connectivity index (χ1v) is 8.14. The number of benzene rings is 1. The highest BCUT2D eigenvalue weighted by Crippen LogP contribution is 2.38. The average molecular weight is 323 g/mol. The third-order valence-corrected chi connectivity index (χ3v) is 5.47. The largest absolute Gasteiger partial charge is 0.329 e. The third kappa shape index (κ3) is 2.88. The summed E-state index contributed by atoms with van der Waals surface area (Å²) in [6, 6.07) is 6.66. The minimum absolute atomic E-state index is 0.128. The molecule has 0 aromatic heterocycles. The molecule has 2 aliphatic rings. The molecule has 3 heteroatoms. The van der Waals surface area contributed by atoms with Gasteiger partial charge in [-0.25, -0.2) is 0 Å². The normalized spacial score (nSPS) is 33.0. The Morgan fingerprint density at radius 2 is 2.21 bits per heavy atom. The predicted octanol–water partition coefficient (Wildman–Crippen LogP) is 2.88. The molecule has 3 unspecified atom stereocenters. The highest BCUT2D eigenvalue weighted by atomic mass is 79.9. The smallest absolute Gasteiger partial charge is 0.0347 e. The molecule has 1 saturated carbocycles. The first-order valence-electron chi connectivity index (χ1n) is 7.34. The zero-order chi connectivity index (χ0) is 13.5. The van der Waals surface area contributed by atoms with Gasteiger partial charge < -0.3 is 11.1 Å². The monoisotopic (exact) mass is 322 g/mol. The zero-order valence-corrected chi connectivity index (χ0v) is 13.2. The molecule has 0 aliphatic heterocycles. The van der Waals surface area contributed by atoms with E-state index in [9.17, 15) is 0 Å². The lowest BCUT2D eigenvalue weighted by atomic mass is 9.78. The van der Waals surface area contributed by atoms with Gasteiger partial charge in [-0.05, 0) is 67.3 Å². The van der Waals surface area contributed by atoms with Crippen LogP contribution in [0, 0.1) is 11.8 Å². The second kappa shape index (κ2) is 5.19. The van der Waals surface area contributed by atoms with Crippen LogP contribution in [0.15, 0.2) is 22.7 Å². The molecule has 19 heavy (non-hydrogen) atoms. The topological polar surface area (TPSA) is 38.0 Å². The predicted molar refractivity (Wildman–Crippen MR) is 83.2 cm³/mol. The summed E-state index contributed by atoms with van der Waals surface area (Å²) in [6.45, 7) is 4.23. The van der Waals surface area contributed by atoms with Crippen LogP contribution < -0.4 is 11.1 Å². The number of nitrogens with one attached hydrogen (secondary N) is 1. The van der Waals surface area contributed by atoms with E-state index in [0.29, 0.717) is 0 Å². The SMILES string of the molecule is CC1CC1CNC1(CN)CCc2cc(Br)ccc2C1. The molecule has 3 atom stereocenters. The van der Waals surface area contributed by atoms with Crippen molar-refractivity contribution in [3.63, 3.8) is 0 Å². The molecule has 0 radical (unpaired) electrons. The molecular formula is C16H23BrN2. The summed E-state index contributed by atoms with van der Waals surface area (Å²) in [5.41, 5.74) is 9.18. The van der Waals surface area contributed by atoms with Crippen LogP contribution in [0.3, 0.4) is 0 Å². The second-order valence-corrected chi connectivity index (χ2v) is 7.34. The van der Waals surface area contributed by atoms with Crippen molar-refractivity contribution in [2.45, 2.75) is 38.1 Å². The van der Waals surface area contributed by atoms with Crippen molar-refractivity contribution in [1.29, 1.82) is 0 Å². The summed E-state index contributed by atoms with van der Waals surface area (Å²) in [5.74, 6) is 1.80. The fraction of sp³-hybridized carbons (Fsp3) is 0.625. The number of hydrogen-bond acceptors (Lipinski definition) is 2. The van der Waals surface area contributed by atoms with Crippen molar-refractivity contribution in [1.82, 2.24) is 5.32 Å². The maximum atomic E-state index is 6.09. The molecule has 0 heterocycles.